The van der Waals surface area contributed by atoms with Gasteiger partial charge in [-0.1, -0.05) is 20.8 Å². The molecule has 0 aromatic heterocycles. The first-order valence-corrected chi connectivity index (χ1v) is 3.65. The van der Waals surface area contributed by atoms with Crippen LogP contribution in [-0.4, -0.2) is 13.1 Å². The summed E-state index contributed by atoms with van der Waals surface area (Å²) < 4.78 is 4.57. The lowest BCUT2D eigenvalue weighted by Gasteiger charge is -2.10. The van der Waals surface area contributed by atoms with Crippen LogP contribution in [0.4, 0.5) is 0 Å². The van der Waals surface area contributed by atoms with E-state index in [1.807, 2.05) is 6.92 Å². The second-order valence-corrected chi connectivity index (χ2v) is 3.05. The molecule has 0 N–H and O–H groups in total. The Morgan fingerprint density at radius 1 is 1.40 bits per heavy atom. The van der Waals surface area contributed by atoms with Crippen LogP contribution in [0.25, 0.3) is 0 Å². The van der Waals surface area contributed by atoms with Crippen molar-refractivity contribution in [1.82, 2.24) is 0 Å². The van der Waals surface area contributed by atoms with Gasteiger partial charge >= 0.3 is 5.97 Å². The predicted molar refractivity (Wildman–Crippen MR) is 40.6 cm³/mol. The van der Waals surface area contributed by atoms with Gasteiger partial charge in [-0.25, -0.2) is 0 Å². The Morgan fingerprint density at radius 2 is 1.90 bits per heavy atom. The monoisotopic (exact) mass is 144 g/mol. The summed E-state index contributed by atoms with van der Waals surface area (Å²) in [7, 11) is 1.43. The molecule has 1 atom stereocenters. The summed E-state index contributed by atoms with van der Waals surface area (Å²) in [6, 6.07) is 0. The van der Waals surface area contributed by atoms with E-state index in [9.17, 15) is 4.79 Å². The quantitative estimate of drug-likeness (QED) is 0.565. The highest BCUT2D eigenvalue weighted by Crippen LogP contribution is 2.11. The maximum absolute atomic E-state index is 10.8. The van der Waals surface area contributed by atoms with Gasteiger partial charge in [0.15, 0.2) is 0 Å². The Bertz CT molecular complexity index is 108. The van der Waals surface area contributed by atoms with Gasteiger partial charge in [0.25, 0.3) is 0 Å². The minimum absolute atomic E-state index is 0.0463. The SMILES string of the molecule is COC(=O)[C@H](C)CC(C)C. The van der Waals surface area contributed by atoms with Crippen molar-refractivity contribution in [3.63, 3.8) is 0 Å². The number of carbonyl (C=O) groups excluding carboxylic acids is 1. The molecule has 0 fully saturated rings. The van der Waals surface area contributed by atoms with E-state index in [4.69, 9.17) is 0 Å². The molecule has 0 aromatic carbocycles. The molecule has 60 valence electrons. The first-order chi connectivity index (χ1) is 4.57. The molecule has 0 aliphatic rings. The Kier molecular flexibility index (Phi) is 4.08. The van der Waals surface area contributed by atoms with Crippen LogP contribution in [0.5, 0.6) is 0 Å². The molecule has 2 nitrogen and oxygen atoms in total. The smallest absolute Gasteiger partial charge is 0.308 e. The van der Waals surface area contributed by atoms with E-state index in [1.165, 1.54) is 7.11 Å². The first kappa shape index (κ1) is 9.47. The lowest BCUT2D eigenvalue weighted by atomic mass is 9.99. The van der Waals surface area contributed by atoms with E-state index in [0.717, 1.165) is 6.42 Å². The molecular weight excluding hydrogens is 128 g/mol. The summed E-state index contributed by atoms with van der Waals surface area (Å²) in [5.74, 6) is 0.507. The fraction of sp³-hybridized carbons (Fsp3) is 0.875. The van der Waals surface area contributed by atoms with E-state index >= 15 is 0 Å². The van der Waals surface area contributed by atoms with Crippen LogP contribution >= 0.6 is 0 Å². The topological polar surface area (TPSA) is 26.3 Å². The highest BCUT2D eigenvalue weighted by molar-refractivity contribution is 5.71. The summed E-state index contributed by atoms with van der Waals surface area (Å²) in [6.45, 7) is 6.09. The van der Waals surface area contributed by atoms with Crippen LogP contribution < -0.4 is 0 Å². The van der Waals surface area contributed by atoms with Crippen LogP contribution in [-0.2, 0) is 9.53 Å². The second kappa shape index (κ2) is 4.31. The van der Waals surface area contributed by atoms with Gasteiger partial charge in [-0.2, -0.15) is 0 Å². The molecule has 0 aliphatic heterocycles. The van der Waals surface area contributed by atoms with Crippen molar-refractivity contribution in [3.05, 3.63) is 0 Å². The normalized spacial score (nSPS) is 13.3. The van der Waals surface area contributed by atoms with Crippen LogP contribution in [0.2, 0.25) is 0 Å². The standard InChI is InChI=1S/C8H16O2/c1-6(2)5-7(3)8(9)10-4/h6-7H,5H2,1-4H3/t7-/m1/s1. The van der Waals surface area contributed by atoms with Gasteiger partial charge < -0.3 is 4.74 Å². The van der Waals surface area contributed by atoms with E-state index in [2.05, 4.69) is 18.6 Å². The van der Waals surface area contributed by atoms with Crippen LogP contribution in [0, 0.1) is 11.8 Å². The van der Waals surface area contributed by atoms with Gasteiger partial charge in [0, 0.05) is 0 Å². The fourth-order valence-corrected chi connectivity index (χ4v) is 1.00. The Morgan fingerprint density at radius 3 is 2.20 bits per heavy atom. The molecule has 0 bridgehead atoms. The molecule has 0 saturated carbocycles. The van der Waals surface area contributed by atoms with Crippen molar-refractivity contribution in [3.8, 4) is 0 Å². The molecular formula is C8H16O2. The summed E-state index contributed by atoms with van der Waals surface area (Å²) in [5.41, 5.74) is 0. The number of hydrogen-bond donors (Lipinski definition) is 0. The molecule has 0 unspecified atom stereocenters. The average molecular weight is 144 g/mol. The number of hydrogen-bond acceptors (Lipinski definition) is 2. The number of ether oxygens (including phenoxy) is 1. The van der Waals surface area contributed by atoms with Crippen molar-refractivity contribution in [1.29, 1.82) is 0 Å². The van der Waals surface area contributed by atoms with Crippen molar-refractivity contribution < 1.29 is 9.53 Å². The van der Waals surface area contributed by atoms with Crippen molar-refractivity contribution in [2.75, 3.05) is 7.11 Å². The fourth-order valence-electron chi connectivity index (χ4n) is 1.00. The maximum Gasteiger partial charge on any atom is 0.308 e. The number of carbonyl (C=O) groups is 1. The number of rotatable bonds is 3. The zero-order chi connectivity index (χ0) is 8.15. The average Bonchev–Trinajstić information content (AvgIpc) is 1.85. The molecule has 0 amide bonds. The zero-order valence-electron chi connectivity index (χ0n) is 7.18. The molecule has 0 aromatic rings. The van der Waals surface area contributed by atoms with Gasteiger partial charge in [0.1, 0.15) is 0 Å². The molecule has 0 spiro atoms. The van der Waals surface area contributed by atoms with Gasteiger partial charge in [-0.15, -0.1) is 0 Å². The van der Waals surface area contributed by atoms with Gasteiger partial charge in [-0.05, 0) is 12.3 Å². The third-order valence-corrected chi connectivity index (χ3v) is 1.43. The maximum atomic E-state index is 10.8. The largest absolute Gasteiger partial charge is 0.469 e. The van der Waals surface area contributed by atoms with Crippen LogP contribution in [0.1, 0.15) is 27.2 Å². The minimum Gasteiger partial charge on any atom is -0.469 e. The zero-order valence-corrected chi connectivity index (χ0v) is 7.18. The van der Waals surface area contributed by atoms with Gasteiger partial charge in [0.2, 0.25) is 0 Å². The van der Waals surface area contributed by atoms with Crippen molar-refractivity contribution in [2.45, 2.75) is 27.2 Å². The molecule has 10 heavy (non-hydrogen) atoms. The van der Waals surface area contributed by atoms with E-state index in [0.29, 0.717) is 5.92 Å². The van der Waals surface area contributed by atoms with Gasteiger partial charge in [-0.3, -0.25) is 4.79 Å². The number of methoxy groups -OCH3 is 1. The lowest BCUT2D eigenvalue weighted by molar-refractivity contribution is -0.145. The van der Waals surface area contributed by atoms with E-state index in [-0.39, 0.29) is 11.9 Å². The third kappa shape index (κ3) is 3.49. The predicted octanol–water partition coefficient (Wildman–Crippen LogP) is 1.84. The molecule has 0 aliphatic carbocycles. The molecule has 2 heteroatoms. The Labute approximate surface area is 62.6 Å². The Hall–Kier alpha value is -0.530. The third-order valence-electron chi connectivity index (χ3n) is 1.43. The van der Waals surface area contributed by atoms with Gasteiger partial charge in [0.05, 0.1) is 13.0 Å². The minimum atomic E-state index is -0.103. The highest BCUT2D eigenvalue weighted by Gasteiger charge is 2.13. The Balaban J connectivity index is 3.61. The van der Waals surface area contributed by atoms with Crippen molar-refractivity contribution >= 4 is 5.97 Å². The molecule has 0 saturated heterocycles. The van der Waals surface area contributed by atoms with Crippen LogP contribution in [0.15, 0.2) is 0 Å². The summed E-state index contributed by atoms with van der Waals surface area (Å²) in [6.07, 6.45) is 0.909. The molecule has 0 rings (SSSR count). The summed E-state index contributed by atoms with van der Waals surface area (Å²) in [5, 5.41) is 0. The highest BCUT2D eigenvalue weighted by atomic mass is 16.5. The number of esters is 1. The lowest BCUT2D eigenvalue weighted by Crippen LogP contribution is -2.14. The van der Waals surface area contributed by atoms with E-state index < -0.39 is 0 Å². The van der Waals surface area contributed by atoms with Crippen LogP contribution in [0.3, 0.4) is 0 Å². The first-order valence-electron chi connectivity index (χ1n) is 3.65. The van der Waals surface area contributed by atoms with E-state index in [1.54, 1.807) is 0 Å². The molecule has 0 heterocycles. The molecule has 0 radical (unpaired) electrons. The summed E-state index contributed by atoms with van der Waals surface area (Å²) >= 11 is 0. The summed E-state index contributed by atoms with van der Waals surface area (Å²) in [4.78, 5) is 10.8. The second-order valence-electron chi connectivity index (χ2n) is 3.05. The van der Waals surface area contributed by atoms with Crippen molar-refractivity contribution in [2.24, 2.45) is 11.8 Å².